The molecular formula is C34H40F4N6O4. The summed E-state index contributed by atoms with van der Waals surface area (Å²) in [7, 11) is 0. The van der Waals surface area contributed by atoms with Crippen molar-refractivity contribution < 1.29 is 36.6 Å². The molecule has 2 amide bonds. The lowest BCUT2D eigenvalue weighted by molar-refractivity contribution is -0.137. The molecule has 2 aromatic heterocycles. The van der Waals surface area contributed by atoms with E-state index in [1.54, 1.807) is 48.9 Å². The molecule has 48 heavy (non-hydrogen) atoms. The van der Waals surface area contributed by atoms with Gasteiger partial charge in [-0.2, -0.15) is 18.3 Å². The Morgan fingerprint density at radius 1 is 1.08 bits per heavy atom. The van der Waals surface area contributed by atoms with Crippen LogP contribution in [0.15, 0.2) is 42.6 Å². The summed E-state index contributed by atoms with van der Waals surface area (Å²) in [5.41, 5.74) is -0.459. The lowest BCUT2D eigenvalue weighted by Crippen LogP contribution is -2.65. The molecule has 3 aliphatic rings. The molecule has 1 aromatic carbocycles. The average Bonchev–Trinajstić information content (AvgIpc) is 3.63. The quantitative estimate of drug-likeness (QED) is 0.281. The van der Waals surface area contributed by atoms with Crippen molar-refractivity contribution in [1.29, 1.82) is 0 Å². The van der Waals surface area contributed by atoms with E-state index < -0.39 is 35.2 Å². The zero-order valence-corrected chi connectivity index (χ0v) is 27.4. The summed E-state index contributed by atoms with van der Waals surface area (Å²) in [6.07, 6.45) is -1.09. The summed E-state index contributed by atoms with van der Waals surface area (Å²) in [5.74, 6) is -1.07. The summed E-state index contributed by atoms with van der Waals surface area (Å²) in [4.78, 5) is 34.2. The number of alkyl halides is 3. The number of aryl methyl sites for hydroxylation is 1. The summed E-state index contributed by atoms with van der Waals surface area (Å²) >= 11 is 0. The summed E-state index contributed by atoms with van der Waals surface area (Å²) < 4.78 is 68.0. The number of carbonyl (C=O) groups excluding carboxylic acids is 2. The van der Waals surface area contributed by atoms with Gasteiger partial charge in [0.05, 0.1) is 17.0 Å². The van der Waals surface area contributed by atoms with Gasteiger partial charge < -0.3 is 24.6 Å². The van der Waals surface area contributed by atoms with E-state index in [9.17, 15) is 27.2 Å². The maximum atomic E-state index is 13.7. The number of anilines is 1. The Balaban J connectivity index is 1.15. The van der Waals surface area contributed by atoms with Gasteiger partial charge in [0.15, 0.2) is 11.4 Å². The third-order valence-electron chi connectivity index (χ3n) is 8.94. The number of hydrogen-bond donors (Lipinski definition) is 1. The molecule has 10 nitrogen and oxygen atoms in total. The highest BCUT2D eigenvalue weighted by molar-refractivity contribution is 5.95. The normalized spacial score (nSPS) is 19.2. The first-order chi connectivity index (χ1) is 22.6. The van der Waals surface area contributed by atoms with Crippen molar-refractivity contribution in [2.45, 2.75) is 83.8 Å². The van der Waals surface area contributed by atoms with Crippen LogP contribution in [-0.4, -0.2) is 75.6 Å². The third-order valence-corrected chi connectivity index (χ3v) is 8.94. The monoisotopic (exact) mass is 672 g/mol. The lowest BCUT2D eigenvalue weighted by atomic mass is 9.61. The van der Waals surface area contributed by atoms with Crippen molar-refractivity contribution in [2.24, 2.45) is 5.41 Å². The van der Waals surface area contributed by atoms with Crippen LogP contribution in [0.3, 0.4) is 0 Å². The number of amides is 2. The Morgan fingerprint density at radius 2 is 1.83 bits per heavy atom. The van der Waals surface area contributed by atoms with Crippen LogP contribution >= 0.6 is 0 Å². The van der Waals surface area contributed by atoms with E-state index in [2.05, 4.69) is 10.4 Å². The van der Waals surface area contributed by atoms with Crippen LogP contribution in [0.1, 0.15) is 69.4 Å². The highest BCUT2D eigenvalue weighted by Gasteiger charge is 2.54. The molecule has 2 aliphatic heterocycles. The number of nitrogens with zero attached hydrogens (tertiary/aromatic N) is 5. The predicted octanol–water partition coefficient (Wildman–Crippen LogP) is 6.30. The smallest absolute Gasteiger partial charge is 0.418 e. The van der Waals surface area contributed by atoms with Gasteiger partial charge in [-0.3, -0.25) is 9.48 Å². The summed E-state index contributed by atoms with van der Waals surface area (Å²) in [5, 5.41) is 7.39. The minimum atomic E-state index is -4.66. The number of nitrogens with one attached hydrogen (secondary N) is 1. The van der Waals surface area contributed by atoms with Crippen molar-refractivity contribution in [1.82, 2.24) is 25.0 Å². The Hall–Kier alpha value is -4.36. The largest absolute Gasteiger partial charge is 0.488 e. The Bertz CT molecular complexity index is 1670. The van der Waals surface area contributed by atoms with Crippen molar-refractivity contribution in [2.75, 3.05) is 31.1 Å². The molecule has 0 radical (unpaired) electrons. The van der Waals surface area contributed by atoms with Crippen LogP contribution in [0, 0.1) is 11.2 Å². The van der Waals surface area contributed by atoms with Gasteiger partial charge in [-0.25, -0.2) is 14.2 Å². The second kappa shape index (κ2) is 12.6. The molecule has 1 aliphatic carbocycles. The lowest BCUT2D eigenvalue weighted by Gasteiger charge is -2.59. The van der Waals surface area contributed by atoms with Crippen LogP contribution in [0.2, 0.25) is 0 Å². The molecule has 0 bridgehead atoms. The van der Waals surface area contributed by atoms with Crippen LogP contribution < -0.4 is 15.0 Å². The number of hydrogen-bond acceptors (Lipinski definition) is 7. The van der Waals surface area contributed by atoms with Crippen molar-refractivity contribution in [3.05, 3.63) is 59.7 Å². The number of benzene rings is 1. The molecular weight excluding hydrogens is 632 g/mol. The number of ether oxygens (including phenoxy) is 2. The van der Waals surface area contributed by atoms with Gasteiger partial charge in [0.1, 0.15) is 17.5 Å². The molecule has 1 spiro atoms. The Morgan fingerprint density at radius 3 is 2.52 bits per heavy atom. The first-order valence-electron chi connectivity index (χ1n) is 16.2. The van der Waals surface area contributed by atoms with Gasteiger partial charge >= 0.3 is 12.3 Å². The molecule has 1 saturated carbocycles. The number of carbonyl (C=O) groups is 2. The van der Waals surface area contributed by atoms with Gasteiger partial charge in [-0.15, -0.1) is 0 Å². The molecule has 3 aromatic rings. The van der Waals surface area contributed by atoms with Gasteiger partial charge in [0, 0.05) is 56.1 Å². The topological polar surface area (TPSA) is 102 Å². The van der Waals surface area contributed by atoms with E-state index in [-0.39, 0.29) is 28.9 Å². The highest BCUT2D eigenvalue weighted by Crippen LogP contribution is 2.52. The first kappa shape index (κ1) is 33.5. The molecule has 1 N–H and O–H groups in total. The van der Waals surface area contributed by atoms with E-state index in [1.165, 1.54) is 6.07 Å². The molecule has 14 heteroatoms. The minimum Gasteiger partial charge on any atom is -0.488 e. The molecule has 6 rings (SSSR count). The van der Waals surface area contributed by atoms with Gasteiger partial charge in [0.2, 0.25) is 0 Å². The fourth-order valence-corrected chi connectivity index (χ4v) is 6.78. The zero-order valence-electron chi connectivity index (χ0n) is 27.4. The summed E-state index contributed by atoms with van der Waals surface area (Å²) in [6.45, 7) is 9.64. The molecule has 3 fully saturated rings. The number of pyridine rings is 1. The van der Waals surface area contributed by atoms with Crippen LogP contribution in [0.5, 0.6) is 5.75 Å². The first-order valence-corrected chi connectivity index (χ1v) is 16.2. The zero-order chi connectivity index (χ0) is 34.4. The molecule has 2 saturated heterocycles. The maximum absolute atomic E-state index is 13.7. The van der Waals surface area contributed by atoms with Gasteiger partial charge in [-0.05, 0) is 82.9 Å². The third kappa shape index (κ3) is 7.07. The maximum Gasteiger partial charge on any atom is 0.418 e. The standard InChI is InChI=1S/C34H40F4N6O4/c1-5-13-44-27(10-12-39-44)25-7-9-28(29(41-25)30(45)40-22-11-14-42(18-22)31(46)48-32(2,3)4)47-23-16-33(17-23)19-43(20-33)26-8-6-21(35)15-24(26)34(36,37)38/h6-10,12,15,22-23H,5,11,13-14,16-20H2,1-4H3,(H,40,45)/t22-/m1/s1. The number of likely N-dealkylation sites (tertiary alicyclic amines) is 1. The molecule has 1 atom stereocenters. The fraction of sp³-hybridized carbons (Fsp3) is 0.529. The van der Waals surface area contributed by atoms with Crippen molar-refractivity contribution >= 4 is 17.7 Å². The number of rotatable bonds is 8. The van der Waals surface area contributed by atoms with E-state index in [0.29, 0.717) is 69.5 Å². The second-order valence-electron chi connectivity index (χ2n) is 14.0. The van der Waals surface area contributed by atoms with Crippen molar-refractivity contribution in [3.8, 4) is 17.1 Å². The Kier molecular flexibility index (Phi) is 8.79. The number of aromatic nitrogens is 3. The van der Waals surface area contributed by atoms with Gasteiger partial charge in [-0.1, -0.05) is 6.92 Å². The fourth-order valence-electron chi connectivity index (χ4n) is 6.78. The Labute approximate surface area is 276 Å². The number of halogens is 4. The van der Waals surface area contributed by atoms with Crippen LogP contribution in [0.25, 0.3) is 11.4 Å². The molecule has 4 heterocycles. The van der Waals surface area contributed by atoms with Gasteiger partial charge in [0.25, 0.3) is 5.91 Å². The minimum absolute atomic E-state index is 0.0305. The van der Waals surface area contributed by atoms with E-state index in [1.807, 2.05) is 17.7 Å². The second-order valence-corrected chi connectivity index (χ2v) is 14.0. The van der Waals surface area contributed by atoms with Crippen LogP contribution in [0.4, 0.5) is 28.0 Å². The van der Waals surface area contributed by atoms with E-state index in [0.717, 1.165) is 18.2 Å². The molecule has 258 valence electrons. The highest BCUT2D eigenvalue weighted by atomic mass is 19.4. The molecule has 0 unspecified atom stereocenters. The predicted molar refractivity (Wildman–Crippen MR) is 169 cm³/mol. The van der Waals surface area contributed by atoms with E-state index >= 15 is 0 Å². The summed E-state index contributed by atoms with van der Waals surface area (Å²) in [6, 6.07) is 7.78. The van der Waals surface area contributed by atoms with Crippen molar-refractivity contribution in [3.63, 3.8) is 0 Å². The average molecular weight is 673 g/mol. The van der Waals surface area contributed by atoms with Crippen LogP contribution in [-0.2, 0) is 17.5 Å². The SMILES string of the molecule is CCCn1nccc1-c1ccc(OC2CC3(C2)CN(c2ccc(F)cc2C(F)(F)F)C3)c(C(=O)N[C@@H]2CCN(C(=O)OC(C)(C)C)C2)n1. The van der Waals surface area contributed by atoms with E-state index in [4.69, 9.17) is 14.5 Å².